The number of rotatable bonds is 11. The summed E-state index contributed by atoms with van der Waals surface area (Å²) in [5.74, 6) is 1.99. The highest BCUT2D eigenvalue weighted by Gasteiger charge is 2.15. The van der Waals surface area contributed by atoms with Crippen LogP contribution in [0.2, 0.25) is 0 Å². The van der Waals surface area contributed by atoms with Crippen molar-refractivity contribution in [3.63, 3.8) is 0 Å². The minimum Gasteiger partial charge on any atom is -0.354 e. The van der Waals surface area contributed by atoms with E-state index in [4.69, 9.17) is 0 Å². The third-order valence-corrected chi connectivity index (χ3v) is 6.26. The van der Waals surface area contributed by atoms with Crippen molar-refractivity contribution in [2.45, 2.75) is 64.1 Å². The van der Waals surface area contributed by atoms with E-state index in [1.54, 1.807) is 11.8 Å². The molecule has 1 N–H and O–H groups in total. The molecule has 1 aromatic heterocycles. The topological polar surface area (TPSA) is 59.8 Å². The van der Waals surface area contributed by atoms with Gasteiger partial charge in [0, 0.05) is 30.3 Å². The average molecular weight is 437 g/mol. The SMILES string of the molecule is CCC(C)NC(=O)CCCCSc1nnc(Cc2ccccc2)n1-c1ccc(C)cc1. The molecular formula is C25H32N4OS. The molecule has 1 atom stereocenters. The van der Waals surface area contributed by atoms with Crippen molar-refractivity contribution in [1.82, 2.24) is 20.1 Å². The van der Waals surface area contributed by atoms with E-state index in [1.165, 1.54) is 11.1 Å². The predicted octanol–water partition coefficient (Wildman–Crippen LogP) is 5.34. The number of carbonyl (C=O) groups excluding carboxylic acids is 1. The highest BCUT2D eigenvalue weighted by atomic mass is 32.2. The van der Waals surface area contributed by atoms with Crippen molar-refractivity contribution < 1.29 is 4.79 Å². The lowest BCUT2D eigenvalue weighted by atomic mass is 10.1. The van der Waals surface area contributed by atoms with Crippen molar-refractivity contribution >= 4 is 17.7 Å². The van der Waals surface area contributed by atoms with Gasteiger partial charge in [0.1, 0.15) is 5.82 Å². The third-order valence-electron chi connectivity index (χ3n) is 5.25. The Kier molecular flexibility index (Phi) is 8.71. The number of thioether (sulfide) groups is 1. The van der Waals surface area contributed by atoms with Crippen LogP contribution in [0.5, 0.6) is 0 Å². The van der Waals surface area contributed by atoms with E-state index < -0.39 is 0 Å². The van der Waals surface area contributed by atoms with Gasteiger partial charge in [0.2, 0.25) is 5.91 Å². The van der Waals surface area contributed by atoms with Gasteiger partial charge in [-0.15, -0.1) is 10.2 Å². The fourth-order valence-corrected chi connectivity index (χ4v) is 4.21. The first-order chi connectivity index (χ1) is 15.1. The van der Waals surface area contributed by atoms with Crippen molar-refractivity contribution in [1.29, 1.82) is 0 Å². The molecule has 3 rings (SSSR count). The lowest BCUT2D eigenvalue weighted by Gasteiger charge is -2.12. The van der Waals surface area contributed by atoms with E-state index in [-0.39, 0.29) is 11.9 Å². The Bertz CT molecular complexity index is 953. The molecule has 5 nitrogen and oxygen atoms in total. The number of carbonyl (C=O) groups is 1. The second kappa shape index (κ2) is 11.7. The van der Waals surface area contributed by atoms with Crippen LogP contribution in [0.25, 0.3) is 5.69 Å². The Hall–Kier alpha value is -2.60. The molecule has 0 spiro atoms. The molecular weight excluding hydrogens is 404 g/mol. The zero-order valence-corrected chi connectivity index (χ0v) is 19.5. The lowest BCUT2D eigenvalue weighted by Crippen LogP contribution is -2.31. The second-order valence-corrected chi connectivity index (χ2v) is 8.98. The summed E-state index contributed by atoms with van der Waals surface area (Å²) >= 11 is 1.71. The van der Waals surface area contributed by atoms with Gasteiger partial charge < -0.3 is 5.32 Å². The molecule has 6 heteroatoms. The van der Waals surface area contributed by atoms with Crippen molar-refractivity contribution in [3.05, 3.63) is 71.5 Å². The Morgan fingerprint density at radius 2 is 1.81 bits per heavy atom. The summed E-state index contributed by atoms with van der Waals surface area (Å²) in [6.45, 7) is 6.21. The van der Waals surface area contributed by atoms with Gasteiger partial charge in [-0.05, 0) is 50.8 Å². The summed E-state index contributed by atoms with van der Waals surface area (Å²) in [5, 5.41) is 12.9. The maximum absolute atomic E-state index is 11.9. The van der Waals surface area contributed by atoms with Gasteiger partial charge in [-0.1, -0.05) is 66.7 Å². The summed E-state index contributed by atoms with van der Waals surface area (Å²) in [6.07, 6.45) is 4.12. The zero-order chi connectivity index (χ0) is 22.1. The molecule has 1 unspecified atom stereocenters. The minimum atomic E-state index is 0.146. The van der Waals surface area contributed by atoms with Crippen LogP contribution in [-0.4, -0.2) is 32.5 Å². The number of unbranched alkanes of at least 4 members (excludes halogenated alkanes) is 1. The van der Waals surface area contributed by atoms with Gasteiger partial charge in [-0.2, -0.15) is 0 Å². The van der Waals surface area contributed by atoms with Crippen LogP contribution in [0, 0.1) is 6.92 Å². The summed E-state index contributed by atoms with van der Waals surface area (Å²) in [7, 11) is 0. The number of nitrogens with zero attached hydrogens (tertiary/aromatic N) is 3. The zero-order valence-electron chi connectivity index (χ0n) is 18.7. The Balaban J connectivity index is 1.64. The number of benzene rings is 2. The van der Waals surface area contributed by atoms with Gasteiger partial charge >= 0.3 is 0 Å². The number of aromatic nitrogens is 3. The summed E-state index contributed by atoms with van der Waals surface area (Å²) in [4.78, 5) is 11.9. The maximum Gasteiger partial charge on any atom is 0.220 e. The third kappa shape index (κ3) is 6.96. The first-order valence-electron chi connectivity index (χ1n) is 11.0. The molecule has 1 amide bonds. The van der Waals surface area contributed by atoms with Crippen LogP contribution in [0.15, 0.2) is 59.8 Å². The van der Waals surface area contributed by atoms with Crippen LogP contribution in [0.1, 0.15) is 56.5 Å². The van der Waals surface area contributed by atoms with Gasteiger partial charge in [-0.25, -0.2) is 0 Å². The van der Waals surface area contributed by atoms with Crippen molar-refractivity contribution in [3.8, 4) is 5.69 Å². The molecule has 0 bridgehead atoms. The van der Waals surface area contributed by atoms with E-state index in [1.807, 2.05) is 13.0 Å². The number of hydrogen-bond donors (Lipinski definition) is 1. The molecule has 0 aliphatic rings. The van der Waals surface area contributed by atoms with E-state index in [0.29, 0.717) is 6.42 Å². The maximum atomic E-state index is 11.9. The number of hydrogen-bond acceptors (Lipinski definition) is 4. The molecule has 0 saturated heterocycles. The van der Waals surface area contributed by atoms with E-state index in [0.717, 1.165) is 48.1 Å². The Labute approximate surface area is 189 Å². The molecule has 3 aromatic rings. The molecule has 0 fully saturated rings. The molecule has 2 aromatic carbocycles. The molecule has 31 heavy (non-hydrogen) atoms. The van der Waals surface area contributed by atoms with Gasteiger partial charge in [0.05, 0.1) is 0 Å². The largest absolute Gasteiger partial charge is 0.354 e. The highest BCUT2D eigenvalue weighted by Crippen LogP contribution is 2.25. The normalized spacial score (nSPS) is 12.0. The summed E-state index contributed by atoms with van der Waals surface area (Å²) < 4.78 is 2.16. The number of nitrogens with one attached hydrogen (secondary N) is 1. The van der Waals surface area contributed by atoms with E-state index in [2.05, 4.69) is 82.5 Å². The first-order valence-corrected chi connectivity index (χ1v) is 12.0. The highest BCUT2D eigenvalue weighted by molar-refractivity contribution is 7.99. The monoisotopic (exact) mass is 436 g/mol. The first kappa shape index (κ1) is 23.1. The number of amides is 1. The van der Waals surface area contributed by atoms with Crippen LogP contribution >= 0.6 is 11.8 Å². The molecule has 0 radical (unpaired) electrons. The van der Waals surface area contributed by atoms with Crippen LogP contribution in [-0.2, 0) is 11.2 Å². The molecule has 0 saturated carbocycles. The lowest BCUT2D eigenvalue weighted by molar-refractivity contribution is -0.121. The predicted molar refractivity (Wildman–Crippen MR) is 128 cm³/mol. The van der Waals surface area contributed by atoms with E-state index >= 15 is 0 Å². The minimum absolute atomic E-state index is 0.146. The van der Waals surface area contributed by atoms with Crippen LogP contribution < -0.4 is 5.32 Å². The van der Waals surface area contributed by atoms with E-state index in [9.17, 15) is 4.79 Å². The average Bonchev–Trinajstić information content (AvgIpc) is 3.17. The summed E-state index contributed by atoms with van der Waals surface area (Å²) in [5.41, 5.74) is 3.52. The van der Waals surface area contributed by atoms with Gasteiger partial charge in [-0.3, -0.25) is 9.36 Å². The second-order valence-electron chi connectivity index (χ2n) is 7.91. The van der Waals surface area contributed by atoms with Crippen LogP contribution in [0.3, 0.4) is 0 Å². The van der Waals surface area contributed by atoms with Gasteiger partial charge in [0.15, 0.2) is 5.16 Å². The quantitative estimate of drug-likeness (QED) is 0.325. The van der Waals surface area contributed by atoms with Crippen molar-refractivity contribution in [2.75, 3.05) is 5.75 Å². The molecule has 1 heterocycles. The number of aryl methyl sites for hydroxylation is 1. The molecule has 0 aliphatic heterocycles. The smallest absolute Gasteiger partial charge is 0.220 e. The molecule has 164 valence electrons. The Morgan fingerprint density at radius 3 is 2.52 bits per heavy atom. The van der Waals surface area contributed by atoms with Gasteiger partial charge in [0.25, 0.3) is 0 Å². The molecule has 0 aliphatic carbocycles. The van der Waals surface area contributed by atoms with Crippen LogP contribution in [0.4, 0.5) is 0 Å². The summed E-state index contributed by atoms with van der Waals surface area (Å²) in [6, 6.07) is 19.1. The van der Waals surface area contributed by atoms with Crippen molar-refractivity contribution in [2.24, 2.45) is 0 Å². The fourth-order valence-electron chi connectivity index (χ4n) is 3.24. The standard InChI is InChI=1S/C25H32N4OS/c1-4-20(3)26-24(30)12-8-9-17-31-25-28-27-23(18-21-10-6-5-7-11-21)29(25)22-15-13-19(2)14-16-22/h5-7,10-11,13-16,20H,4,8-9,12,17-18H2,1-3H3,(H,26,30). The Morgan fingerprint density at radius 1 is 1.06 bits per heavy atom. The fraction of sp³-hybridized carbons (Fsp3) is 0.400.